The monoisotopic (exact) mass is 370 g/mol. The van der Waals surface area contributed by atoms with Gasteiger partial charge in [0.1, 0.15) is 0 Å². The zero-order valence-electron chi connectivity index (χ0n) is 15.9. The number of aliphatic hydroxyl groups is 1. The lowest BCUT2D eigenvalue weighted by atomic mass is 9.82. The van der Waals surface area contributed by atoms with Gasteiger partial charge in [-0.1, -0.05) is 12.2 Å². The lowest BCUT2D eigenvalue weighted by molar-refractivity contribution is -0.152. The molecular weight excluding hydrogens is 340 g/mol. The first-order chi connectivity index (χ1) is 12.2. The van der Waals surface area contributed by atoms with Crippen molar-refractivity contribution in [2.75, 3.05) is 20.3 Å². The third-order valence-corrected chi connectivity index (χ3v) is 4.91. The molecule has 0 bridgehead atoms. The summed E-state index contributed by atoms with van der Waals surface area (Å²) in [6, 6.07) is 0. The molecular formula is C19H30O7. The standard InChI is InChI=1S/C19H30O7/c1-5-25-17(21)8-9-18(22)26-12-15-14(10-11-19(15,3)23)13(2)6-7-16(20)24-4/h14-15,23H,2,5-12H2,1,3-4H3/t14-,15-,19+/m0/s1. The molecule has 0 spiro atoms. The average molecular weight is 370 g/mol. The van der Waals surface area contributed by atoms with Crippen LogP contribution in [0.4, 0.5) is 0 Å². The lowest BCUT2D eigenvalue weighted by Gasteiger charge is -2.30. The Morgan fingerprint density at radius 3 is 2.23 bits per heavy atom. The van der Waals surface area contributed by atoms with Crippen LogP contribution in [0, 0.1) is 11.8 Å². The normalized spacial score (nSPS) is 24.8. The maximum Gasteiger partial charge on any atom is 0.306 e. The predicted molar refractivity (Wildman–Crippen MR) is 94.1 cm³/mol. The summed E-state index contributed by atoms with van der Waals surface area (Å²) in [6.07, 6.45) is 1.92. The summed E-state index contributed by atoms with van der Waals surface area (Å²) in [4.78, 5) is 34.4. The highest BCUT2D eigenvalue weighted by molar-refractivity contribution is 5.77. The highest BCUT2D eigenvalue weighted by Gasteiger charge is 2.45. The molecule has 1 rings (SSSR count). The van der Waals surface area contributed by atoms with Crippen LogP contribution in [-0.2, 0) is 28.6 Å². The molecule has 1 saturated carbocycles. The average Bonchev–Trinajstić information content (AvgIpc) is 2.90. The summed E-state index contributed by atoms with van der Waals surface area (Å²) < 4.78 is 14.7. The van der Waals surface area contributed by atoms with Crippen molar-refractivity contribution >= 4 is 17.9 Å². The maximum absolute atomic E-state index is 11.9. The molecule has 7 heteroatoms. The van der Waals surface area contributed by atoms with Gasteiger partial charge in [-0.05, 0) is 39.0 Å². The second-order valence-electron chi connectivity index (χ2n) is 6.83. The highest BCUT2D eigenvalue weighted by atomic mass is 16.5. The van der Waals surface area contributed by atoms with Crippen LogP contribution in [0.25, 0.3) is 0 Å². The van der Waals surface area contributed by atoms with E-state index in [-0.39, 0.29) is 50.3 Å². The van der Waals surface area contributed by atoms with Crippen molar-refractivity contribution in [3.63, 3.8) is 0 Å². The van der Waals surface area contributed by atoms with Crippen molar-refractivity contribution in [3.05, 3.63) is 12.2 Å². The van der Waals surface area contributed by atoms with E-state index in [1.165, 1.54) is 7.11 Å². The van der Waals surface area contributed by atoms with Gasteiger partial charge < -0.3 is 19.3 Å². The summed E-state index contributed by atoms with van der Waals surface area (Å²) in [5, 5.41) is 10.6. The fourth-order valence-corrected chi connectivity index (χ4v) is 3.29. The molecule has 0 saturated heterocycles. The molecule has 1 N–H and O–H groups in total. The zero-order chi connectivity index (χ0) is 19.7. The Labute approximate surface area is 154 Å². The van der Waals surface area contributed by atoms with Gasteiger partial charge >= 0.3 is 17.9 Å². The van der Waals surface area contributed by atoms with Gasteiger partial charge in [-0.25, -0.2) is 0 Å². The summed E-state index contributed by atoms with van der Waals surface area (Å²) >= 11 is 0. The van der Waals surface area contributed by atoms with E-state index in [0.717, 1.165) is 12.0 Å². The number of hydrogen-bond acceptors (Lipinski definition) is 7. The molecule has 148 valence electrons. The Hall–Kier alpha value is -1.89. The third kappa shape index (κ3) is 6.78. The summed E-state index contributed by atoms with van der Waals surface area (Å²) in [6.45, 7) is 7.79. The molecule has 1 aliphatic rings. The van der Waals surface area contributed by atoms with Crippen molar-refractivity contribution in [3.8, 4) is 0 Å². The molecule has 7 nitrogen and oxygen atoms in total. The number of methoxy groups -OCH3 is 1. The summed E-state index contributed by atoms with van der Waals surface area (Å²) in [5.41, 5.74) is -0.124. The number of carbonyl (C=O) groups is 3. The van der Waals surface area contributed by atoms with E-state index >= 15 is 0 Å². The van der Waals surface area contributed by atoms with Crippen molar-refractivity contribution in [1.29, 1.82) is 0 Å². The van der Waals surface area contributed by atoms with Gasteiger partial charge in [0.15, 0.2) is 0 Å². The molecule has 0 amide bonds. The van der Waals surface area contributed by atoms with Crippen molar-refractivity contribution in [2.24, 2.45) is 11.8 Å². The molecule has 0 aliphatic heterocycles. The van der Waals surface area contributed by atoms with Crippen molar-refractivity contribution < 1.29 is 33.7 Å². The van der Waals surface area contributed by atoms with Gasteiger partial charge in [0.2, 0.25) is 0 Å². The number of ether oxygens (including phenoxy) is 3. The van der Waals surface area contributed by atoms with E-state index in [2.05, 4.69) is 11.3 Å². The molecule has 1 aliphatic carbocycles. The Morgan fingerprint density at radius 1 is 1.08 bits per heavy atom. The SMILES string of the molecule is C=C(CCC(=O)OC)[C@@H]1CC[C@@](C)(O)[C@H]1COC(=O)CCC(=O)OCC. The van der Waals surface area contributed by atoms with E-state index in [9.17, 15) is 19.5 Å². The topological polar surface area (TPSA) is 99.1 Å². The maximum atomic E-state index is 11.9. The highest BCUT2D eigenvalue weighted by Crippen LogP contribution is 2.44. The molecule has 0 aromatic carbocycles. The van der Waals surface area contributed by atoms with Gasteiger partial charge in [0, 0.05) is 12.3 Å². The van der Waals surface area contributed by atoms with E-state index in [1.54, 1.807) is 13.8 Å². The summed E-state index contributed by atoms with van der Waals surface area (Å²) in [5.74, 6) is -1.57. The number of rotatable bonds is 10. The fourth-order valence-electron chi connectivity index (χ4n) is 3.29. The minimum absolute atomic E-state index is 0.0248. The first-order valence-corrected chi connectivity index (χ1v) is 8.99. The molecule has 0 aromatic rings. The van der Waals surface area contributed by atoms with Gasteiger partial charge in [-0.15, -0.1) is 0 Å². The van der Waals surface area contributed by atoms with Crippen LogP contribution in [0.2, 0.25) is 0 Å². The van der Waals surface area contributed by atoms with Gasteiger partial charge in [-0.2, -0.15) is 0 Å². The largest absolute Gasteiger partial charge is 0.469 e. The van der Waals surface area contributed by atoms with Crippen LogP contribution in [0.1, 0.15) is 52.4 Å². The molecule has 1 fully saturated rings. The zero-order valence-corrected chi connectivity index (χ0v) is 15.9. The molecule has 0 unspecified atom stereocenters. The van der Waals surface area contributed by atoms with Crippen LogP contribution in [-0.4, -0.2) is 48.9 Å². The van der Waals surface area contributed by atoms with Crippen molar-refractivity contribution in [2.45, 2.75) is 58.0 Å². The van der Waals surface area contributed by atoms with Crippen LogP contribution >= 0.6 is 0 Å². The van der Waals surface area contributed by atoms with E-state index in [4.69, 9.17) is 9.47 Å². The minimum atomic E-state index is -0.972. The van der Waals surface area contributed by atoms with Gasteiger partial charge in [-0.3, -0.25) is 14.4 Å². The fraction of sp³-hybridized carbons (Fsp3) is 0.737. The van der Waals surface area contributed by atoms with E-state index in [1.807, 2.05) is 0 Å². The quantitative estimate of drug-likeness (QED) is 0.357. The van der Waals surface area contributed by atoms with Gasteiger partial charge in [0.25, 0.3) is 0 Å². The number of esters is 3. The smallest absolute Gasteiger partial charge is 0.306 e. The number of hydrogen-bond donors (Lipinski definition) is 1. The van der Waals surface area contributed by atoms with Crippen LogP contribution < -0.4 is 0 Å². The van der Waals surface area contributed by atoms with Crippen LogP contribution in [0.15, 0.2) is 12.2 Å². The van der Waals surface area contributed by atoms with Crippen LogP contribution in [0.5, 0.6) is 0 Å². The van der Waals surface area contributed by atoms with Crippen molar-refractivity contribution in [1.82, 2.24) is 0 Å². The molecule has 0 aromatic heterocycles. The van der Waals surface area contributed by atoms with E-state index < -0.39 is 17.5 Å². The number of carbonyl (C=O) groups excluding carboxylic acids is 3. The van der Waals surface area contributed by atoms with Gasteiger partial charge in [0.05, 0.1) is 38.8 Å². The second-order valence-corrected chi connectivity index (χ2v) is 6.83. The summed E-state index contributed by atoms with van der Waals surface area (Å²) in [7, 11) is 1.34. The first-order valence-electron chi connectivity index (χ1n) is 8.99. The molecule has 0 heterocycles. The van der Waals surface area contributed by atoms with E-state index in [0.29, 0.717) is 12.8 Å². The Kier molecular flexibility index (Phi) is 8.78. The predicted octanol–water partition coefficient (Wildman–Crippen LogP) is 2.16. The van der Waals surface area contributed by atoms with Crippen LogP contribution in [0.3, 0.4) is 0 Å². The minimum Gasteiger partial charge on any atom is -0.469 e. The Morgan fingerprint density at radius 2 is 1.65 bits per heavy atom. The first kappa shape index (κ1) is 22.2. The Bertz CT molecular complexity index is 524. The Balaban J connectivity index is 2.54. The second kappa shape index (κ2) is 10.3. The lowest BCUT2D eigenvalue weighted by Crippen LogP contribution is -2.36. The number of allylic oxidation sites excluding steroid dienone is 1. The molecule has 26 heavy (non-hydrogen) atoms. The molecule has 0 radical (unpaired) electrons. The third-order valence-electron chi connectivity index (χ3n) is 4.91. The molecule has 3 atom stereocenters.